The zero-order chi connectivity index (χ0) is 17.2. The highest BCUT2D eigenvalue weighted by Crippen LogP contribution is 2.22. The van der Waals surface area contributed by atoms with Crippen molar-refractivity contribution in [1.82, 2.24) is 9.78 Å². The third kappa shape index (κ3) is 3.31. The highest BCUT2D eigenvalue weighted by atomic mass is 16.5. The average molecular weight is 323 g/mol. The number of para-hydroxylation sites is 1. The van der Waals surface area contributed by atoms with Crippen molar-refractivity contribution in [3.63, 3.8) is 0 Å². The van der Waals surface area contributed by atoms with Crippen LogP contribution < -0.4 is 5.73 Å². The average Bonchev–Trinajstić information content (AvgIpc) is 2.92. The van der Waals surface area contributed by atoms with E-state index in [1.54, 1.807) is 13.8 Å². The Morgan fingerprint density at radius 1 is 1.12 bits per heavy atom. The van der Waals surface area contributed by atoms with Gasteiger partial charge in [-0.2, -0.15) is 5.10 Å². The summed E-state index contributed by atoms with van der Waals surface area (Å²) in [5, 5.41) is 5.71. The summed E-state index contributed by atoms with van der Waals surface area (Å²) in [4.78, 5) is 11.4. The number of fused-ring (bicyclic) bond motifs is 1. The lowest BCUT2D eigenvalue weighted by atomic mass is 10.1. The fourth-order valence-electron chi connectivity index (χ4n) is 2.50. The van der Waals surface area contributed by atoms with Crippen LogP contribution in [0.5, 0.6) is 0 Å². The van der Waals surface area contributed by atoms with Gasteiger partial charge in [0, 0.05) is 5.39 Å². The molecule has 0 radical (unpaired) electrons. The van der Waals surface area contributed by atoms with Crippen LogP contribution in [0, 0.1) is 0 Å². The van der Waals surface area contributed by atoms with Gasteiger partial charge in [-0.1, -0.05) is 48.5 Å². The second-order valence-electron chi connectivity index (χ2n) is 6.27. The summed E-state index contributed by atoms with van der Waals surface area (Å²) in [5.74, 6) is -0.490. The molecule has 2 N–H and O–H groups in total. The van der Waals surface area contributed by atoms with E-state index in [9.17, 15) is 4.79 Å². The van der Waals surface area contributed by atoms with Crippen molar-refractivity contribution in [2.24, 2.45) is 5.73 Å². The summed E-state index contributed by atoms with van der Waals surface area (Å²) in [6.07, 6.45) is 0. The molecule has 1 heterocycles. The van der Waals surface area contributed by atoms with Gasteiger partial charge in [0.05, 0.1) is 24.4 Å². The molecule has 0 unspecified atom stereocenters. The SMILES string of the molecule is CC(C)(OCc1nn(Cc2ccccc2)c2ccccc12)C(N)=O. The summed E-state index contributed by atoms with van der Waals surface area (Å²) in [5.41, 5.74) is 7.36. The van der Waals surface area contributed by atoms with E-state index in [0.717, 1.165) is 16.6 Å². The predicted molar refractivity (Wildman–Crippen MR) is 93.3 cm³/mol. The van der Waals surface area contributed by atoms with Gasteiger partial charge in [0.15, 0.2) is 0 Å². The minimum atomic E-state index is -1.02. The molecule has 124 valence electrons. The zero-order valence-electron chi connectivity index (χ0n) is 13.9. The second kappa shape index (κ2) is 6.45. The van der Waals surface area contributed by atoms with E-state index in [2.05, 4.69) is 17.2 Å². The number of amides is 1. The number of benzene rings is 2. The molecule has 1 aromatic heterocycles. The summed E-state index contributed by atoms with van der Waals surface area (Å²) in [6.45, 7) is 4.25. The molecule has 2 aromatic carbocycles. The van der Waals surface area contributed by atoms with Crippen LogP contribution >= 0.6 is 0 Å². The number of rotatable bonds is 6. The third-order valence-electron chi connectivity index (χ3n) is 4.07. The molecule has 1 amide bonds. The number of ether oxygens (including phenoxy) is 1. The van der Waals surface area contributed by atoms with E-state index >= 15 is 0 Å². The number of nitrogens with zero attached hydrogens (tertiary/aromatic N) is 2. The lowest BCUT2D eigenvalue weighted by Gasteiger charge is -2.20. The van der Waals surface area contributed by atoms with Crippen molar-refractivity contribution in [3.05, 3.63) is 65.9 Å². The molecule has 0 aliphatic rings. The molecular weight excluding hydrogens is 302 g/mol. The molecule has 0 aliphatic carbocycles. The number of aromatic nitrogens is 2. The first-order chi connectivity index (χ1) is 11.5. The van der Waals surface area contributed by atoms with E-state index in [1.165, 1.54) is 5.56 Å². The maximum atomic E-state index is 11.4. The summed E-state index contributed by atoms with van der Waals surface area (Å²) in [7, 11) is 0. The molecule has 0 aliphatic heterocycles. The van der Waals surface area contributed by atoms with Crippen molar-refractivity contribution < 1.29 is 9.53 Å². The van der Waals surface area contributed by atoms with Gasteiger partial charge in [-0.25, -0.2) is 0 Å². The van der Waals surface area contributed by atoms with Crippen LogP contribution in [0.2, 0.25) is 0 Å². The van der Waals surface area contributed by atoms with Gasteiger partial charge >= 0.3 is 0 Å². The van der Waals surface area contributed by atoms with Crippen LogP contribution in [0.25, 0.3) is 10.9 Å². The maximum Gasteiger partial charge on any atom is 0.249 e. The van der Waals surface area contributed by atoms with Crippen LogP contribution in [0.15, 0.2) is 54.6 Å². The molecule has 0 saturated carbocycles. The molecule has 3 aromatic rings. The molecule has 5 nitrogen and oxygen atoms in total. The van der Waals surface area contributed by atoms with E-state index in [-0.39, 0.29) is 6.61 Å². The Balaban J connectivity index is 1.90. The van der Waals surface area contributed by atoms with Crippen LogP contribution in [0.4, 0.5) is 0 Å². The highest BCUT2D eigenvalue weighted by molar-refractivity contribution is 5.83. The molecule has 3 rings (SSSR count). The standard InChI is InChI=1S/C19H21N3O2/c1-19(2,18(20)23)24-13-16-15-10-6-7-11-17(15)22(21-16)12-14-8-4-3-5-9-14/h3-11H,12-13H2,1-2H3,(H2,20,23). The normalized spacial score (nSPS) is 11.8. The molecule has 5 heteroatoms. The molecule has 0 atom stereocenters. The Morgan fingerprint density at radius 3 is 2.50 bits per heavy atom. The largest absolute Gasteiger partial charge is 0.367 e. The molecule has 24 heavy (non-hydrogen) atoms. The van der Waals surface area contributed by atoms with E-state index in [1.807, 2.05) is 47.1 Å². The predicted octanol–water partition coefficient (Wildman–Crippen LogP) is 2.87. The van der Waals surface area contributed by atoms with Gasteiger partial charge in [-0.3, -0.25) is 9.48 Å². The molecule has 0 spiro atoms. The number of carbonyl (C=O) groups is 1. The Bertz CT molecular complexity index is 853. The van der Waals surface area contributed by atoms with Crippen molar-refractivity contribution >= 4 is 16.8 Å². The number of hydrogen-bond acceptors (Lipinski definition) is 3. The summed E-state index contributed by atoms with van der Waals surface area (Å²) >= 11 is 0. The van der Waals surface area contributed by atoms with Gasteiger partial charge in [0.25, 0.3) is 0 Å². The van der Waals surface area contributed by atoms with E-state index in [4.69, 9.17) is 10.5 Å². The van der Waals surface area contributed by atoms with E-state index < -0.39 is 11.5 Å². The number of carbonyl (C=O) groups excluding carboxylic acids is 1. The molecule has 0 bridgehead atoms. The quantitative estimate of drug-likeness (QED) is 0.758. The Hall–Kier alpha value is -2.66. The van der Waals surface area contributed by atoms with E-state index in [0.29, 0.717) is 6.54 Å². The van der Waals surface area contributed by atoms with Gasteiger partial charge in [-0.15, -0.1) is 0 Å². The first kappa shape index (κ1) is 16.2. The first-order valence-corrected chi connectivity index (χ1v) is 7.89. The molecule has 0 fully saturated rings. The van der Waals surface area contributed by atoms with Crippen molar-refractivity contribution in [2.75, 3.05) is 0 Å². The maximum absolute atomic E-state index is 11.4. The fraction of sp³-hybridized carbons (Fsp3) is 0.263. The lowest BCUT2D eigenvalue weighted by Crippen LogP contribution is -2.40. The Labute approximate surface area is 141 Å². The van der Waals surface area contributed by atoms with Gasteiger partial charge in [0.2, 0.25) is 5.91 Å². The van der Waals surface area contributed by atoms with Crippen LogP contribution in [0.1, 0.15) is 25.1 Å². The van der Waals surface area contributed by atoms with Crippen LogP contribution in [-0.4, -0.2) is 21.3 Å². The Morgan fingerprint density at radius 2 is 1.79 bits per heavy atom. The fourth-order valence-corrected chi connectivity index (χ4v) is 2.50. The topological polar surface area (TPSA) is 70.1 Å². The van der Waals surface area contributed by atoms with Crippen LogP contribution in [0.3, 0.4) is 0 Å². The number of primary amides is 1. The third-order valence-corrected chi connectivity index (χ3v) is 4.07. The highest BCUT2D eigenvalue weighted by Gasteiger charge is 2.26. The van der Waals surface area contributed by atoms with Gasteiger partial charge in [-0.05, 0) is 25.5 Å². The smallest absolute Gasteiger partial charge is 0.249 e. The van der Waals surface area contributed by atoms with Gasteiger partial charge < -0.3 is 10.5 Å². The second-order valence-corrected chi connectivity index (χ2v) is 6.27. The minimum Gasteiger partial charge on any atom is -0.367 e. The number of hydrogen-bond donors (Lipinski definition) is 1. The molecule has 0 saturated heterocycles. The Kier molecular flexibility index (Phi) is 4.36. The lowest BCUT2D eigenvalue weighted by molar-refractivity contribution is -0.140. The summed E-state index contributed by atoms with van der Waals surface area (Å²) in [6, 6.07) is 18.2. The minimum absolute atomic E-state index is 0.234. The van der Waals surface area contributed by atoms with Crippen molar-refractivity contribution in [3.8, 4) is 0 Å². The summed E-state index contributed by atoms with van der Waals surface area (Å²) < 4.78 is 7.66. The zero-order valence-corrected chi connectivity index (χ0v) is 13.9. The first-order valence-electron chi connectivity index (χ1n) is 7.89. The van der Waals surface area contributed by atoms with Crippen molar-refractivity contribution in [1.29, 1.82) is 0 Å². The number of nitrogens with two attached hydrogens (primary N) is 1. The molecular formula is C19H21N3O2. The monoisotopic (exact) mass is 323 g/mol. The van der Waals surface area contributed by atoms with Crippen LogP contribution in [-0.2, 0) is 22.7 Å². The van der Waals surface area contributed by atoms with Gasteiger partial charge in [0.1, 0.15) is 5.60 Å². The van der Waals surface area contributed by atoms with Crippen molar-refractivity contribution in [2.45, 2.75) is 32.6 Å².